The Bertz CT molecular complexity index is 1230. The van der Waals surface area contributed by atoms with Gasteiger partial charge in [0.2, 0.25) is 0 Å². The van der Waals surface area contributed by atoms with E-state index < -0.39 is 17.6 Å². The van der Waals surface area contributed by atoms with Crippen molar-refractivity contribution < 1.29 is 22.8 Å². The van der Waals surface area contributed by atoms with E-state index in [4.69, 9.17) is 11.6 Å². The highest BCUT2D eigenvalue weighted by atomic mass is 35.5. The molecule has 0 bridgehead atoms. The zero-order valence-electron chi connectivity index (χ0n) is 19.3. The normalized spacial score (nSPS) is 14.0. The minimum absolute atomic E-state index is 0.241. The van der Waals surface area contributed by atoms with Crippen LogP contribution < -0.4 is 10.2 Å². The first kappa shape index (κ1) is 25.5. The average Bonchev–Trinajstić information content (AvgIpc) is 2.88. The van der Waals surface area contributed by atoms with Crippen LogP contribution in [0.15, 0.2) is 66.9 Å². The highest BCUT2D eigenvalue weighted by molar-refractivity contribution is 6.30. The Balaban J connectivity index is 1.30. The van der Waals surface area contributed by atoms with Gasteiger partial charge in [-0.05, 0) is 48.4 Å². The molecule has 188 valence electrons. The van der Waals surface area contributed by atoms with Crippen LogP contribution in [-0.2, 0) is 12.6 Å². The second-order valence-corrected chi connectivity index (χ2v) is 8.80. The highest BCUT2D eigenvalue weighted by Crippen LogP contribution is 2.32. The van der Waals surface area contributed by atoms with Crippen molar-refractivity contribution in [3.63, 3.8) is 0 Å². The van der Waals surface area contributed by atoms with E-state index in [1.165, 1.54) is 29.3 Å². The number of benzene rings is 2. The van der Waals surface area contributed by atoms with Gasteiger partial charge in [0.25, 0.3) is 11.8 Å². The molecule has 0 radical (unpaired) electrons. The average molecular weight is 517 g/mol. The molecule has 1 aliphatic heterocycles. The lowest BCUT2D eigenvalue weighted by Gasteiger charge is -2.35. The van der Waals surface area contributed by atoms with E-state index in [1.807, 2.05) is 23.1 Å². The van der Waals surface area contributed by atoms with E-state index in [0.717, 1.165) is 11.6 Å². The number of amides is 2. The van der Waals surface area contributed by atoms with Crippen LogP contribution in [0.4, 0.5) is 19.0 Å². The summed E-state index contributed by atoms with van der Waals surface area (Å²) < 4.78 is 39.9. The molecule has 36 heavy (non-hydrogen) atoms. The first-order chi connectivity index (χ1) is 17.2. The zero-order valence-corrected chi connectivity index (χ0v) is 20.0. The second kappa shape index (κ2) is 11.0. The number of anilines is 1. The molecule has 0 spiro atoms. The molecule has 1 saturated heterocycles. The summed E-state index contributed by atoms with van der Waals surface area (Å²) in [5, 5.41) is 3.50. The Hall–Kier alpha value is -3.59. The molecule has 1 aliphatic rings. The van der Waals surface area contributed by atoms with E-state index >= 15 is 0 Å². The fourth-order valence-corrected chi connectivity index (χ4v) is 4.26. The molecule has 0 atom stereocenters. The number of alkyl halides is 3. The van der Waals surface area contributed by atoms with E-state index in [1.54, 1.807) is 18.2 Å². The van der Waals surface area contributed by atoms with Gasteiger partial charge in [-0.15, -0.1) is 0 Å². The van der Waals surface area contributed by atoms with Crippen molar-refractivity contribution in [1.82, 2.24) is 15.2 Å². The quantitative estimate of drug-likeness (QED) is 0.516. The van der Waals surface area contributed by atoms with Crippen molar-refractivity contribution in [2.24, 2.45) is 0 Å². The van der Waals surface area contributed by atoms with Gasteiger partial charge in [0.05, 0.1) is 16.7 Å². The van der Waals surface area contributed by atoms with Crippen LogP contribution in [0.2, 0.25) is 5.02 Å². The number of pyridine rings is 1. The Labute approximate surface area is 211 Å². The minimum atomic E-state index is -4.60. The minimum Gasteiger partial charge on any atom is -0.353 e. The summed E-state index contributed by atoms with van der Waals surface area (Å²) in [6, 6.07) is 15.7. The number of hydrogen-bond acceptors (Lipinski definition) is 4. The molecular weight excluding hydrogens is 493 g/mol. The Morgan fingerprint density at radius 2 is 1.72 bits per heavy atom. The summed E-state index contributed by atoms with van der Waals surface area (Å²) in [6.07, 6.45) is -2.46. The number of nitrogens with zero attached hydrogens (tertiary/aromatic N) is 3. The molecule has 2 amide bonds. The molecule has 0 aliphatic carbocycles. The molecular formula is C26H24ClF3N4O2. The van der Waals surface area contributed by atoms with Crippen LogP contribution >= 0.6 is 11.6 Å². The van der Waals surface area contributed by atoms with Gasteiger partial charge in [-0.25, -0.2) is 4.98 Å². The molecule has 1 N–H and O–H groups in total. The molecule has 2 heterocycles. The van der Waals surface area contributed by atoms with Gasteiger partial charge < -0.3 is 15.1 Å². The maximum Gasteiger partial charge on any atom is 0.417 e. The lowest BCUT2D eigenvalue weighted by molar-refractivity contribution is -0.138. The number of rotatable bonds is 6. The van der Waals surface area contributed by atoms with E-state index in [2.05, 4.69) is 10.3 Å². The molecule has 0 unspecified atom stereocenters. The van der Waals surface area contributed by atoms with Crippen molar-refractivity contribution in [1.29, 1.82) is 0 Å². The van der Waals surface area contributed by atoms with Crippen molar-refractivity contribution >= 4 is 29.2 Å². The monoisotopic (exact) mass is 516 g/mol. The van der Waals surface area contributed by atoms with E-state index in [0.29, 0.717) is 42.5 Å². The first-order valence-electron chi connectivity index (χ1n) is 11.4. The van der Waals surface area contributed by atoms with Crippen molar-refractivity contribution in [2.45, 2.75) is 12.6 Å². The molecule has 10 heteroatoms. The number of carbonyl (C=O) groups is 2. The third-order valence-corrected chi connectivity index (χ3v) is 6.19. The number of nitrogens with one attached hydrogen (secondary N) is 1. The Morgan fingerprint density at radius 1 is 0.972 bits per heavy atom. The molecule has 3 aromatic rings. The lowest BCUT2D eigenvalue weighted by atomic mass is 10.1. The van der Waals surface area contributed by atoms with Crippen LogP contribution in [0.5, 0.6) is 0 Å². The van der Waals surface area contributed by atoms with Gasteiger partial charge >= 0.3 is 6.18 Å². The predicted octanol–water partition coefficient (Wildman–Crippen LogP) is 4.69. The van der Waals surface area contributed by atoms with Crippen molar-refractivity contribution in [3.05, 3.63) is 94.1 Å². The summed E-state index contributed by atoms with van der Waals surface area (Å²) in [5.41, 5.74) is 0.168. The maximum atomic E-state index is 13.3. The van der Waals surface area contributed by atoms with Gasteiger partial charge in [0.15, 0.2) is 0 Å². The summed E-state index contributed by atoms with van der Waals surface area (Å²) in [5.74, 6) is -0.247. The number of hydrogen-bond donors (Lipinski definition) is 1. The summed E-state index contributed by atoms with van der Waals surface area (Å²) >= 11 is 5.98. The fourth-order valence-electron chi connectivity index (χ4n) is 4.05. The SMILES string of the molecule is O=C(NCCc1cccc(Cl)c1)c1ccc(N2CCN(C(=O)c3ccccc3C(F)(F)F)CC2)nc1. The van der Waals surface area contributed by atoms with Crippen molar-refractivity contribution in [3.8, 4) is 0 Å². The van der Waals surface area contributed by atoms with Gasteiger partial charge in [-0.2, -0.15) is 13.2 Å². The summed E-state index contributed by atoms with van der Waals surface area (Å²) in [4.78, 5) is 32.9. The largest absolute Gasteiger partial charge is 0.417 e. The van der Waals surface area contributed by atoms with Gasteiger partial charge in [0, 0.05) is 43.9 Å². The molecule has 1 aromatic heterocycles. The molecule has 4 rings (SSSR count). The number of aromatic nitrogens is 1. The molecule has 1 fully saturated rings. The van der Waals surface area contributed by atoms with Crippen LogP contribution in [-0.4, -0.2) is 54.4 Å². The maximum absolute atomic E-state index is 13.3. The smallest absolute Gasteiger partial charge is 0.353 e. The Kier molecular flexibility index (Phi) is 7.79. The van der Waals surface area contributed by atoms with Crippen LogP contribution in [0.1, 0.15) is 31.8 Å². The van der Waals surface area contributed by atoms with Crippen LogP contribution in [0, 0.1) is 0 Å². The van der Waals surface area contributed by atoms with Crippen LogP contribution in [0.25, 0.3) is 0 Å². The van der Waals surface area contributed by atoms with Gasteiger partial charge in [-0.3, -0.25) is 9.59 Å². The van der Waals surface area contributed by atoms with E-state index in [-0.39, 0.29) is 24.6 Å². The topological polar surface area (TPSA) is 65.5 Å². The molecule has 6 nitrogen and oxygen atoms in total. The third-order valence-electron chi connectivity index (χ3n) is 5.95. The number of halogens is 4. The standard InChI is InChI=1S/C26H24ClF3N4O2/c27-20-5-3-4-18(16-20)10-11-31-24(35)19-8-9-23(32-17-19)33-12-14-34(15-13-33)25(36)21-6-1-2-7-22(21)26(28,29)30/h1-9,16-17H,10-15H2,(H,31,35). The van der Waals surface area contributed by atoms with Gasteiger partial charge in [-0.1, -0.05) is 35.9 Å². The first-order valence-corrected chi connectivity index (χ1v) is 11.8. The summed E-state index contributed by atoms with van der Waals surface area (Å²) in [7, 11) is 0. The number of carbonyl (C=O) groups excluding carboxylic acids is 2. The third kappa shape index (κ3) is 6.15. The van der Waals surface area contributed by atoms with E-state index in [9.17, 15) is 22.8 Å². The Morgan fingerprint density at radius 3 is 2.39 bits per heavy atom. The lowest BCUT2D eigenvalue weighted by Crippen LogP contribution is -2.49. The fraction of sp³-hybridized carbons (Fsp3) is 0.269. The number of piperazine rings is 1. The zero-order chi connectivity index (χ0) is 25.7. The summed E-state index contributed by atoms with van der Waals surface area (Å²) in [6.45, 7) is 1.81. The highest BCUT2D eigenvalue weighted by Gasteiger charge is 2.36. The molecule has 2 aromatic carbocycles. The van der Waals surface area contributed by atoms with Gasteiger partial charge in [0.1, 0.15) is 5.82 Å². The molecule has 0 saturated carbocycles. The van der Waals surface area contributed by atoms with Crippen molar-refractivity contribution in [2.75, 3.05) is 37.6 Å². The van der Waals surface area contributed by atoms with Crippen LogP contribution in [0.3, 0.4) is 0 Å². The predicted molar refractivity (Wildman–Crippen MR) is 131 cm³/mol. The second-order valence-electron chi connectivity index (χ2n) is 8.36.